The Balaban J connectivity index is 1.37. The first-order valence-electron chi connectivity index (χ1n) is 14.6. The fourth-order valence-electron chi connectivity index (χ4n) is 6.12. The summed E-state index contributed by atoms with van der Waals surface area (Å²) in [7, 11) is 0. The van der Waals surface area contributed by atoms with Gasteiger partial charge in [0, 0.05) is 31.4 Å². The van der Waals surface area contributed by atoms with Crippen LogP contribution >= 0.6 is 0 Å². The van der Waals surface area contributed by atoms with Crippen LogP contribution in [0.25, 0.3) is 10.9 Å². The first-order valence-corrected chi connectivity index (χ1v) is 14.6. The van der Waals surface area contributed by atoms with Gasteiger partial charge in [0.2, 0.25) is 11.8 Å². The van der Waals surface area contributed by atoms with Crippen LogP contribution in [-0.4, -0.2) is 84.8 Å². The summed E-state index contributed by atoms with van der Waals surface area (Å²) in [6, 6.07) is 20.9. The highest BCUT2D eigenvalue weighted by Crippen LogP contribution is 2.30. The van der Waals surface area contributed by atoms with Crippen LogP contribution in [0, 0.1) is 6.92 Å². The van der Waals surface area contributed by atoms with Crippen molar-refractivity contribution in [1.82, 2.24) is 35.3 Å². The molecule has 6 rings (SSSR count). The summed E-state index contributed by atoms with van der Waals surface area (Å²) < 4.78 is 0. The Hall–Kier alpha value is -5.16. The number of phenolic OH excluding ortho intramolecular Hbond substituents is 1. The number of carbonyl (C=O) groups excluding carboxylic acids is 3. The lowest BCUT2D eigenvalue weighted by atomic mass is 9.98. The number of aromatic nitrogens is 2. The van der Waals surface area contributed by atoms with E-state index in [-0.39, 0.29) is 56.2 Å². The molecule has 11 heteroatoms. The molecule has 0 aliphatic carbocycles. The molecule has 3 heterocycles. The average Bonchev–Trinajstić information content (AvgIpc) is 3.41. The number of H-pyrrole nitrogens is 1. The molecule has 0 saturated carbocycles. The number of aromatic hydroxyl groups is 1. The van der Waals surface area contributed by atoms with Crippen molar-refractivity contribution < 1.29 is 19.5 Å². The summed E-state index contributed by atoms with van der Waals surface area (Å²) >= 11 is 0. The monoisotopic (exact) mass is 593 g/mol. The number of carbonyl (C=O) groups is 3. The highest BCUT2D eigenvalue weighted by molar-refractivity contribution is 5.92. The first-order chi connectivity index (χ1) is 21.3. The minimum Gasteiger partial charge on any atom is -0.508 e. The number of urea groups is 1. The Labute approximate surface area is 255 Å². The van der Waals surface area contributed by atoms with Gasteiger partial charge in [-0.2, -0.15) is 5.10 Å². The quantitative estimate of drug-likeness (QED) is 0.269. The van der Waals surface area contributed by atoms with Crippen molar-refractivity contribution in [2.75, 3.05) is 19.6 Å². The van der Waals surface area contributed by atoms with Crippen LogP contribution in [-0.2, 0) is 29.1 Å². The van der Waals surface area contributed by atoms with Crippen molar-refractivity contribution in [3.8, 4) is 5.75 Å². The number of hydrogen-bond donors (Lipinski definition) is 3. The van der Waals surface area contributed by atoms with E-state index in [9.17, 15) is 19.5 Å². The van der Waals surface area contributed by atoms with Crippen LogP contribution in [0.1, 0.15) is 22.4 Å². The summed E-state index contributed by atoms with van der Waals surface area (Å²) in [4.78, 5) is 45.2. The summed E-state index contributed by atoms with van der Waals surface area (Å²) in [6.07, 6.45) is 1.13. The Bertz CT molecular complexity index is 1690. The number of nitrogens with zero attached hydrogens (tertiary/aromatic N) is 5. The van der Waals surface area contributed by atoms with Crippen LogP contribution < -0.4 is 5.32 Å². The van der Waals surface area contributed by atoms with E-state index in [1.807, 2.05) is 55.5 Å². The molecule has 1 aromatic heterocycles. The molecular weight excluding hydrogens is 558 g/mol. The lowest BCUT2D eigenvalue weighted by Gasteiger charge is -2.55. The van der Waals surface area contributed by atoms with Crippen molar-refractivity contribution in [2.24, 2.45) is 0 Å². The molecule has 44 heavy (non-hydrogen) atoms. The number of benzene rings is 3. The third-order valence-electron chi connectivity index (χ3n) is 8.27. The van der Waals surface area contributed by atoms with E-state index in [0.717, 1.165) is 33.3 Å². The minimum atomic E-state index is -0.858. The van der Waals surface area contributed by atoms with E-state index in [4.69, 9.17) is 0 Å². The van der Waals surface area contributed by atoms with Crippen LogP contribution in [0.5, 0.6) is 5.75 Å². The van der Waals surface area contributed by atoms with E-state index in [2.05, 4.69) is 22.1 Å². The van der Waals surface area contributed by atoms with E-state index in [1.54, 1.807) is 50.2 Å². The van der Waals surface area contributed by atoms with Gasteiger partial charge in [0.1, 0.15) is 18.0 Å². The Morgan fingerprint density at radius 1 is 1.07 bits per heavy atom. The van der Waals surface area contributed by atoms with Gasteiger partial charge < -0.3 is 20.2 Å². The Morgan fingerprint density at radius 3 is 2.59 bits per heavy atom. The molecule has 4 amide bonds. The molecule has 2 saturated heterocycles. The molecule has 4 aromatic rings. The van der Waals surface area contributed by atoms with Crippen molar-refractivity contribution in [2.45, 2.75) is 38.6 Å². The number of nitrogens with one attached hydrogen (secondary N) is 2. The average molecular weight is 594 g/mol. The summed E-state index contributed by atoms with van der Waals surface area (Å²) in [5, 5.41) is 24.5. The third kappa shape index (κ3) is 5.61. The second-order valence-electron chi connectivity index (χ2n) is 11.2. The number of amides is 4. The van der Waals surface area contributed by atoms with Crippen molar-refractivity contribution >= 4 is 28.7 Å². The molecule has 2 aliphatic rings. The number of aryl methyl sites for hydroxylation is 1. The standard InChI is InChI=1S/C33H35N7O4/c1-3-16-38-21-30(42)39-28(17-23-12-14-26(41)15-13-23)32(43)37(19-25-10-7-11-27-22(2)35-36-31(25)27)20-29(39)40(38)33(44)34-18-24-8-5-4-6-9-24/h3-15,28-29,41H,1,16-21H2,2H3,(H,34,44)(H,35,36)/t28-,29-/m0/s1. The zero-order valence-electron chi connectivity index (χ0n) is 24.5. The van der Waals surface area contributed by atoms with Gasteiger partial charge in [-0.3, -0.25) is 14.7 Å². The zero-order valence-corrected chi connectivity index (χ0v) is 24.5. The van der Waals surface area contributed by atoms with Crippen LogP contribution in [0.2, 0.25) is 0 Å². The van der Waals surface area contributed by atoms with E-state index >= 15 is 0 Å². The zero-order chi connectivity index (χ0) is 30.8. The largest absolute Gasteiger partial charge is 0.508 e. The number of fused-ring (bicyclic) bond motifs is 2. The number of phenols is 1. The van der Waals surface area contributed by atoms with E-state index < -0.39 is 12.2 Å². The third-order valence-corrected chi connectivity index (χ3v) is 8.27. The fraction of sp³-hybridized carbons (Fsp3) is 0.273. The van der Waals surface area contributed by atoms with Crippen molar-refractivity contribution in [1.29, 1.82) is 0 Å². The van der Waals surface area contributed by atoms with Crippen molar-refractivity contribution in [3.63, 3.8) is 0 Å². The molecular formula is C33H35N7O4. The lowest BCUT2D eigenvalue weighted by molar-refractivity contribution is -0.189. The minimum absolute atomic E-state index is 0.0760. The lowest BCUT2D eigenvalue weighted by Crippen LogP contribution is -2.76. The molecule has 0 radical (unpaired) electrons. The Kier molecular flexibility index (Phi) is 8.03. The highest BCUT2D eigenvalue weighted by Gasteiger charge is 2.51. The summed E-state index contributed by atoms with van der Waals surface area (Å²) in [5.74, 6) is -0.341. The molecule has 0 bridgehead atoms. The highest BCUT2D eigenvalue weighted by atomic mass is 16.3. The Morgan fingerprint density at radius 2 is 1.84 bits per heavy atom. The molecule has 11 nitrogen and oxygen atoms in total. The summed E-state index contributed by atoms with van der Waals surface area (Å²) in [6.45, 7) is 6.66. The van der Waals surface area contributed by atoms with Gasteiger partial charge in [-0.05, 0) is 35.7 Å². The topological polar surface area (TPSA) is 125 Å². The first kappa shape index (κ1) is 28.9. The van der Waals surface area contributed by atoms with E-state index in [1.165, 1.54) is 0 Å². The number of piperazine rings is 1. The van der Waals surface area contributed by atoms with E-state index in [0.29, 0.717) is 6.54 Å². The molecule has 226 valence electrons. The van der Waals surface area contributed by atoms with Crippen LogP contribution in [0.3, 0.4) is 0 Å². The number of aromatic amines is 1. The number of hydrazine groups is 1. The normalized spacial score (nSPS) is 18.9. The molecule has 2 aliphatic heterocycles. The maximum atomic E-state index is 14.2. The number of hydrogen-bond acceptors (Lipinski definition) is 6. The van der Waals surface area contributed by atoms with Crippen LogP contribution in [0.4, 0.5) is 4.79 Å². The number of para-hydroxylation sites is 1. The second-order valence-corrected chi connectivity index (χ2v) is 11.2. The van der Waals surface area contributed by atoms with Gasteiger partial charge in [-0.1, -0.05) is 66.7 Å². The maximum Gasteiger partial charge on any atom is 0.334 e. The summed E-state index contributed by atoms with van der Waals surface area (Å²) in [5.41, 5.74) is 4.32. The van der Waals surface area contributed by atoms with Gasteiger partial charge >= 0.3 is 6.03 Å². The van der Waals surface area contributed by atoms with Gasteiger partial charge in [0.25, 0.3) is 0 Å². The van der Waals surface area contributed by atoms with Crippen LogP contribution in [0.15, 0.2) is 85.5 Å². The smallest absolute Gasteiger partial charge is 0.334 e. The molecule has 0 spiro atoms. The molecule has 2 fully saturated rings. The molecule has 2 atom stereocenters. The number of rotatable bonds is 8. The van der Waals surface area contributed by atoms with Gasteiger partial charge in [-0.25, -0.2) is 14.8 Å². The molecule has 0 unspecified atom stereocenters. The van der Waals surface area contributed by atoms with Gasteiger partial charge in [0.15, 0.2) is 0 Å². The predicted octanol–water partition coefficient (Wildman–Crippen LogP) is 3.31. The maximum absolute atomic E-state index is 14.2. The van der Waals surface area contributed by atoms with Gasteiger partial charge in [0.05, 0.1) is 24.3 Å². The molecule has 3 aromatic carbocycles. The molecule has 3 N–H and O–H groups in total. The van der Waals surface area contributed by atoms with Crippen molar-refractivity contribution in [3.05, 3.63) is 108 Å². The predicted molar refractivity (Wildman–Crippen MR) is 165 cm³/mol. The fourth-order valence-corrected chi connectivity index (χ4v) is 6.12. The second kappa shape index (κ2) is 12.2. The van der Waals surface area contributed by atoms with Gasteiger partial charge in [-0.15, -0.1) is 6.58 Å². The SMILES string of the molecule is C=CCN1CC(=O)N2[C@@H](Cc3ccc(O)cc3)C(=O)N(Cc3cccc4c(C)n[nH]c34)C[C@@H]2N1C(=O)NCc1ccccc1.